The third-order valence-corrected chi connectivity index (χ3v) is 5.64. The average molecular weight is 305 g/mol. The molecular formula is C15H19N3O2S. The fraction of sp³-hybridized carbons (Fsp3) is 0.400. The van der Waals surface area contributed by atoms with E-state index in [2.05, 4.69) is 46.7 Å². The molecular weight excluding hydrogens is 286 g/mol. The van der Waals surface area contributed by atoms with E-state index in [1.165, 1.54) is 5.56 Å². The van der Waals surface area contributed by atoms with E-state index in [1.807, 2.05) is 0 Å². The van der Waals surface area contributed by atoms with E-state index in [0.29, 0.717) is 18.7 Å². The molecule has 2 heterocycles. The molecule has 1 saturated heterocycles. The molecule has 1 aromatic heterocycles. The number of H-pyrrole nitrogens is 1. The third-order valence-electron chi connectivity index (χ3n) is 3.87. The molecule has 1 atom stereocenters. The topological polar surface area (TPSA) is 74.8 Å². The van der Waals surface area contributed by atoms with E-state index in [1.54, 1.807) is 6.20 Å². The smallest absolute Gasteiger partial charge is 0.151 e. The molecule has 1 aliphatic heterocycles. The highest BCUT2D eigenvalue weighted by molar-refractivity contribution is 7.91. The highest BCUT2D eigenvalue weighted by Gasteiger charge is 2.27. The van der Waals surface area contributed by atoms with Gasteiger partial charge in [-0.1, -0.05) is 29.8 Å². The Morgan fingerprint density at radius 2 is 2.10 bits per heavy atom. The van der Waals surface area contributed by atoms with Gasteiger partial charge in [0.05, 0.1) is 23.4 Å². The van der Waals surface area contributed by atoms with Crippen LogP contribution >= 0.6 is 0 Å². The summed E-state index contributed by atoms with van der Waals surface area (Å²) in [5, 5.41) is 10.5. The van der Waals surface area contributed by atoms with Gasteiger partial charge in [0.25, 0.3) is 0 Å². The van der Waals surface area contributed by atoms with Gasteiger partial charge in [0.2, 0.25) is 0 Å². The first-order valence-electron chi connectivity index (χ1n) is 7.06. The van der Waals surface area contributed by atoms with Crippen molar-refractivity contribution in [1.29, 1.82) is 0 Å². The predicted octanol–water partition coefficient (Wildman–Crippen LogP) is 1.66. The Kier molecular flexibility index (Phi) is 3.82. The first kappa shape index (κ1) is 14.3. The van der Waals surface area contributed by atoms with Gasteiger partial charge in [-0.25, -0.2) is 8.42 Å². The molecule has 0 bridgehead atoms. The van der Waals surface area contributed by atoms with Crippen LogP contribution in [0.3, 0.4) is 0 Å². The number of hydrogen-bond donors (Lipinski definition) is 2. The van der Waals surface area contributed by atoms with Crippen molar-refractivity contribution in [1.82, 2.24) is 15.5 Å². The number of aryl methyl sites for hydroxylation is 1. The summed E-state index contributed by atoms with van der Waals surface area (Å²) in [6, 6.07) is 8.31. The van der Waals surface area contributed by atoms with Crippen molar-refractivity contribution >= 4 is 9.84 Å². The summed E-state index contributed by atoms with van der Waals surface area (Å²) in [5.74, 6) is 0.533. The monoisotopic (exact) mass is 305 g/mol. The van der Waals surface area contributed by atoms with Crippen LogP contribution in [0.15, 0.2) is 30.5 Å². The van der Waals surface area contributed by atoms with Gasteiger partial charge >= 0.3 is 0 Å². The summed E-state index contributed by atoms with van der Waals surface area (Å²) in [4.78, 5) is 0. The van der Waals surface area contributed by atoms with Gasteiger partial charge in [0, 0.05) is 18.2 Å². The second kappa shape index (κ2) is 5.61. The van der Waals surface area contributed by atoms with Crippen molar-refractivity contribution in [3.63, 3.8) is 0 Å². The second-order valence-electron chi connectivity index (χ2n) is 5.62. The maximum absolute atomic E-state index is 11.5. The van der Waals surface area contributed by atoms with Crippen LogP contribution in [-0.2, 0) is 16.4 Å². The number of sulfone groups is 1. The Bertz CT molecular complexity index is 720. The molecule has 6 heteroatoms. The van der Waals surface area contributed by atoms with Crippen LogP contribution in [0.5, 0.6) is 0 Å². The van der Waals surface area contributed by atoms with Gasteiger partial charge in [-0.2, -0.15) is 5.10 Å². The molecule has 0 spiro atoms. The Balaban J connectivity index is 1.70. The van der Waals surface area contributed by atoms with E-state index >= 15 is 0 Å². The Morgan fingerprint density at radius 3 is 2.76 bits per heavy atom. The van der Waals surface area contributed by atoms with Crippen molar-refractivity contribution in [3.05, 3.63) is 41.6 Å². The minimum atomic E-state index is -2.84. The number of hydrogen-bond acceptors (Lipinski definition) is 4. The normalized spacial score (nSPS) is 20.7. The van der Waals surface area contributed by atoms with Gasteiger partial charge in [-0.15, -0.1) is 0 Å². The van der Waals surface area contributed by atoms with Crippen LogP contribution in [0.2, 0.25) is 0 Å². The highest BCUT2D eigenvalue weighted by atomic mass is 32.2. The number of nitrogens with zero attached hydrogens (tertiary/aromatic N) is 1. The van der Waals surface area contributed by atoms with E-state index in [-0.39, 0.29) is 11.8 Å². The molecule has 5 nitrogen and oxygen atoms in total. The molecule has 3 rings (SSSR count). The van der Waals surface area contributed by atoms with Crippen molar-refractivity contribution in [3.8, 4) is 11.3 Å². The number of aromatic nitrogens is 2. The lowest BCUT2D eigenvalue weighted by Crippen LogP contribution is -2.29. The molecule has 2 aromatic rings. The van der Waals surface area contributed by atoms with Gasteiger partial charge < -0.3 is 5.32 Å². The molecule has 1 fully saturated rings. The van der Waals surface area contributed by atoms with E-state index in [0.717, 1.165) is 16.8 Å². The maximum atomic E-state index is 11.5. The maximum Gasteiger partial charge on any atom is 0.151 e. The lowest BCUT2D eigenvalue weighted by molar-refractivity contribution is 0.554. The summed E-state index contributed by atoms with van der Waals surface area (Å²) in [7, 11) is -2.84. The van der Waals surface area contributed by atoms with Crippen LogP contribution in [0.4, 0.5) is 0 Å². The molecule has 0 aliphatic carbocycles. The van der Waals surface area contributed by atoms with Crippen LogP contribution in [0.25, 0.3) is 11.3 Å². The number of nitrogens with one attached hydrogen (secondary N) is 2. The van der Waals surface area contributed by atoms with Crippen LogP contribution in [0, 0.1) is 6.92 Å². The van der Waals surface area contributed by atoms with Gasteiger partial charge in [-0.05, 0) is 18.9 Å². The summed E-state index contributed by atoms with van der Waals surface area (Å²) < 4.78 is 22.9. The van der Waals surface area contributed by atoms with Gasteiger partial charge in [0.15, 0.2) is 9.84 Å². The number of rotatable bonds is 4. The zero-order valence-electron chi connectivity index (χ0n) is 12.0. The number of benzene rings is 1. The Labute approximate surface area is 124 Å². The second-order valence-corrected chi connectivity index (χ2v) is 7.85. The molecule has 2 N–H and O–H groups in total. The van der Waals surface area contributed by atoms with Crippen molar-refractivity contribution in [2.45, 2.75) is 25.9 Å². The number of aromatic amines is 1. The molecule has 0 amide bonds. The molecule has 0 saturated carbocycles. The van der Waals surface area contributed by atoms with Gasteiger partial charge in [-0.3, -0.25) is 5.10 Å². The lowest BCUT2D eigenvalue weighted by atomic mass is 10.1. The lowest BCUT2D eigenvalue weighted by Gasteiger charge is -2.10. The molecule has 0 radical (unpaired) electrons. The molecule has 112 valence electrons. The quantitative estimate of drug-likeness (QED) is 0.901. The molecule has 1 aliphatic rings. The third kappa shape index (κ3) is 3.33. The Morgan fingerprint density at radius 1 is 1.33 bits per heavy atom. The van der Waals surface area contributed by atoms with Crippen LogP contribution in [-0.4, -0.2) is 36.2 Å². The average Bonchev–Trinajstić information content (AvgIpc) is 3.03. The minimum absolute atomic E-state index is 0.0516. The summed E-state index contributed by atoms with van der Waals surface area (Å²) >= 11 is 0. The van der Waals surface area contributed by atoms with Crippen molar-refractivity contribution in [2.24, 2.45) is 0 Å². The molecule has 21 heavy (non-hydrogen) atoms. The molecule has 1 aromatic carbocycles. The van der Waals surface area contributed by atoms with Crippen molar-refractivity contribution < 1.29 is 8.42 Å². The first-order valence-corrected chi connectivity index (χ1v) is 8.89. The van der Waals surface area contributed by atoms with E-state index in [9.17, 15) is 8.42 Å². The fourth-order valence-electron chi connectivity index (χ4n) is 2.63. The van der Waals surface area contributed by atoms with Crippen LogP contribution in [0.1, 0.15) is 17.5 Å². The van der Waals surface area contributed by atoms with E-state index < -0.39 is 9.84 Å². The minimum Gasteiger partial charge on any atom is -0.309 e. The first-order chi connectivity index (χ1) is 10.0. The predicted molar refractivity (Wildman–Crippen MR) is 82.7 cm³/mol. The summed E-state index contributed by atoms with van der Waals surface area (Å²) in [6.45, 7) is 2.68. The standard InChI is InChI=1S/C15H19N3O2S/c1-11-2-4-12(5-3-11)15-13(9-17-18-15)8-16-14-6-7-21(19,20)10-14/h2-5,9,14,16H,6-8,10H2,1H3,(H,17,18)/t14-/m1/s1. The zero-order chi connectivity index (χ0) is 14.9. The highest BCUT2D eigenvalue weighted by Crippen LogP contribution is 2.22. The Hall–Kier alpha value is -1.66. The SMILES string of the molecule is Cc1ccc(-c2[nH]ncc2CN[C@@H]2CCS(=O)(=O)C2)cc1. The van der Waals surface area contributed by atoms with E-state index in [4.69, 9.17) is 0 Å². The summed E-state index contributed by atoms with van der Waals surface area (Å²) in [5.41, 5.74) is 4.36. The van der Waals surface area contributed by atoms with Crippen LogP contribution < -0.4 is 5.32 Å². The largest absolute Gasteiger partial charge is 0.309 e. The zero-order valence-corrected chi connectivity index (χ0v) is 12.8. The molecule has 0 unspecified atom stereocenters. The fourth-order valence-corrected chi connectivity index (χ4v) is 4.33. The van der Waals surface area contributed by atoms with Crippen molar-refractivity contribution in [2.75, 3.05) is 11.5 Å². The summed E-state index contributed by atoms with van der Waals surface area (Å²) in [6.07, 6.45) is 2.49. The van der Waals surface area contributed by atoms with Gasteiger partial charge in [0.1, 0.15) is 0 Å².